The fraction of sp³-hybridized carbons (Fsp3) is 0. The second-order valence-electron chi connectivity index (χ2n) is 3.06. The maximum atomic E-state index is 10.6. The van der Waals surface area contributed by atoms with Crippen LogP contribution >= 0.6 is 0 Å². The number of fused-ring (bicyclic) bond motifs is 1. The van der Waals surface area contributed by atoms with E-state index in [1.54, 1.807) is 6.07 Å². The summed E-state index contributed by atoms with van der Waals surface area (Å²) in [5.41, 5.74) is 6.02. The number of nitrogens with two attached hydrogens (primary N) is 1. The van der Waals surface area contributed by atoms with Crippen LogP contribution in [0.5, 0.6) is 0 Å². The highest BCUT2D eigenvalue weighted by Crippen LogP contribution is 2.16. The van der Waals surface area contributed by atoms with Gasteiger partial charge in [-0.25, -0.2) is 14.2 Å². The molecule has 1 atom stereocenters. The summed E-state index contributed by atoms with van der Waals surface area (Å²) in [6, 6.07) is 11.0. The van der Waals surface area contributed by atoms with Crippen molar-refractivity contribution in [3.05, 3.63) is 36.4 Å². The SMILES string of the molecule is NC(=Nc1ccc2ccccc2n1)S(=O)O. The highest BCUT2D eigenvalue weighted by atomic mass is 32.2. The number of hydrogen-bond donors (Lipinski definition) is 2. The lowest BCUT2D eigenvalue weighted by Crippen LogP contribution is -2.16. The van der Waals surface area contributed by atoms with Gasteiger partial charge in [0.2, 0.25) is 16.2 Å². The Morgan fingerprint density at radius 3 is 2.81 bits per heavy atom. The molecule has 0 aliphatic rings. The van der Waals surface area contributed by atoms with Gasteiger partial charge in [-0.2, -0.15) is 0 Å². The summed E-state index contributed by atoms with van der Waals surface area (Å²) >= 11 is -2.26. The van der Waals surface area contributed by atoms with Crippen molar-refractivity contribution in [1.29, 1.82) is 0 Å². The summed E-state index contributed by atoms with van der Waals surface area (Å²) in [5, 5.41) is 0.618. The number of aliphatic imine (C=N–C) groups is 1. The third-order valence-electron chi connectivity index (χ3n) is 1.99. The number of amidine groups is 1. The molecule has 16 heavy (non-hydrogen) atoms. The standard InChI is InChI=1S/C10H9N3O2S/c11-10(16(14)15)13-9-6-5-7-3-1-2-4-8(7)12-9/h1-6H,(H,14,15)(H2,11,12,13). The maximum absolute atomic E-state index is 10.6. The Kier molecular flexibility index (Phi) is 2.93. The highest BCUT2D eigenvalue weighted by molar-refractivity contribution is 7.95. The van der Waals surface area contributed by atoms with Crippen LogP contribution in [-0.4, -0.2) is 18.9 Å². The minimum Gasteiger partial charge on any atom is -0.374 e. The van der Waals surface area contributed by atoms with Gasteiger partial charge in [-0.1, -0.05) is 18.2 Å². The molecule has 1 heterocycles. The molecule has 0 radical (unpaired) electrons. The van der Waals surface area contributed by atoms with E-state index in [9.17, 15) is 4.21 Å². The van der Waals surface area contributed by atoms with Crippen molar-refractivity contribution < 1.29 is 8.76 Å². The Morgan fingerprint density at radius 2 is 2.06 bits per heavy atom. The number of para-hydroxylation sites is 1. The number of nitrogens with zero attached hydrogens (tertiary/aromatic N) is 2. The van der Waals surface area contributed by atoms with Gasteiger partial charge in [0, 0.05) is 5.39 Å². The number of aromatic nitrogens is 1. The van der Waals surface area contributed by atoms with Crippen LogP contribution in [-0.2, 0) is 11.1 Å². The monoisotopic (exact) mass is 235 g/mol. The van der Waals surface area contributed by atoms with Crippen LogP contribution in [0.25, 0.3) is 10.9 Å². The fourth-order valence-electron chi connectivity index (χ4n) is 1.27. The lowest BCUT2D eigenvalue weighted by Gasteiger charge is -1.98. The van der Waals surface area contributed by atoms with E-state index in [0.717, 1.165) is 10.9 Å². The summed E-state index contributed by atoms with van der Waals surface area (Å²) < 4.78 is 19.3. The van der Waals surface area contributed by atoms with E-state index >= 15 is 0 Å². The van der Waals surface area contributed by atoms with Gasteiger partial charge in [-0.3, -0.25) is 4.55 Å². The van der Waals surface area contributed by atoms with Gasteiger partial charge >= 0.3 is 0 Å². The van der Waals surface area contributed by atoms with E-state index in [-0.39, 0.29) is 5.17 Å². The number of rotatable bonds is 1. The first-order chi connectivity index (χ1) is 7.66. The Bertz CT molecular complexity index is 583. The Hall–Kier alpha value is -1.79. The molecule has 0 saturated heterocycles. The third-order valence-corrected chi connectivity index (χ3v) is 2.44. The first-order valence-corrected chi connectivity index (χ1v) is 5.58. The Morgan fingerprint density at radius 1 is 1.31 bits per heavy atom. The highest BCUT2D eigenvalue weighted by Gasteiger charge is 2.01. The molecule has 0 bridgehead atoms. The molecule has 82 valence electrons. The molecule has 6 heteroatoms. The molecule has 1 aromatic carbocycles. The topological polar surface area (TPSA) is 88.6 Å². The minimum absolute atomic E-state index is 0.318. The average Bonchev–Trinajstić information content (AvgIpc) is 2.28. The summed E-state index contributed by atoms with van der Waals surface area (Å²) in [5.74, 6) is 0.318. The van der Waals surface area contributed by atoms with Gasteiger partial charge in [0.15, 0.2) is 5.82 Å². The Balaban J connectivity index is 2.47. The molecule has 0 saturated carbocycles. The van der Waals surface area contributed by atoms with Crippen molar-refractivity contribution >= 4 is 33.0 Å². The molecule has 1 unspecified atom stereocenters. The predicted molar refractivity (Wildman–Crippen MR) is 63.8 cm³/mol. The van der Waals surface area contributed by atoms with Gasteiger partial charge in [-0.05, 0) is 18.2 Å². The third kappa shape index (κ3) is 2.23. The normalized spacial score (nSPS) is 13.9. The summed E-state index contributed by atoms with van der Waals surface area (Å²) in [4.78, 5) is 7.93. The summed E-state index contributed by atoms with van der Waals surface area (Å²) in [7, 11) is 0. The molecular weight excluding hydrogens is 226 g/mol. The second kappa shape index (κ2) is 4.38. The maximum Gasteiger partial charge on any atom is 0.223 e. The van der Waals surface area contributed by atoms with Crippen LogP contribution in [0.4, 0.5) is 5.82 Å². The molecule has 0 aliphatic heterocycles. The van der Waals surface area contributed by atoms with Gasteiger partial charge in [0.1, 0.15) is 0 Å². The van der Waals surface area contributed by atoms with Crippen LogP contribution in [0.1, 0.15) is 0 Å². The summed E-state index contributed by atoms with van der Waals surface area (Å²) in [6.07, 6.45) is 0. The quantitative estimate of drug-likeness (QED) is 0.444. The molecule has 0 amide bonds. The smallest absolute Gasteiger partial charge is 0.223 e. The lowest BCUT2D eigenvalue weighted by molar-refractivity contribution is 0.576. The van der Waals surface area contributed by atoms with E-state index in [0.29, 0.717) is 5.82 Å². The Labute approximate surface area is 94.3 Å². The molecule has 0 fully saturated rings. The zero-order valence-electron chi connectivity index (χ0n) is 8.20. The number of pyridine rings is 1. The van der Waals surface area contributed by atoms with E-state index in [1.807, 2.05) is 30.3 Å². The predicted octanol–water partition coefficient (Wildman–Crippen LogP) is 1.40. The van der Waals surface area contributed by atoms with Crippen LogP contribution in [0.3, 0.4) is 0 Å². The molecule has 0 spiro atoms. The van der Waals surface area contributed by atoms with Crippen molar-refractivity contribution in [2.24, 2.45) is 10.7 Å². The van der Waals surface area contributed by atoms with Crippen LogP contribution < -0.4 is 5.73 Å². The molecular formula is C10H9N3O2S. The number of hydrogen-bond acceptors (Lipinski definition) is 3. The fourth-order valence-corrected chi connectivity index (χ4v) is 1.44. The molecule has 1 aromatic heterocycles. The first kappa shape index (κ1) is 10.7. The minimum atomic E-state index is -2.26. The van der Waals surface area contributed by atoms with Crippen molar-refractivity contribution in [2.45, 2.75) is 0 Å². The molecule has 0 aliphatic carbocycles. The van der Waals surface area contributed by atoms with Crippen molar-refractivity contribution in [3.8, 4) is 0 Å². The lowest BCUT2D eigenvalue weighted by atomic mass is 10.2. The molecule has 2 aromatic rings. The van der Waals surface area contributed by atoms with E-state index in [4.69, 9.17) is 10.3 Å². The van der Waals surface area contributed by atoms with Gasteiger partial charge in [-0.15, -0.1) is 0 Å². The molecule has 2 rings (SSSR count). The summed E-state index contributed by atoms with van der Waals surface area (Å²) in [6.45, 7) is 0. The first-order valence-electron chi connectivity index (χ1n) is 4.47. The van der Waals surface area contributed by atoms with Gasteiger partial charge in [0.05, 0.1) is 5.52 Å². The second-order valence-corrected chi connectivity index (χ2v) is 3.98. The van der Waals surface area contributed by atoms with E-state index in [2.05, 4.69) is 9.98 Å². The van der Waals surface area contributed by atoms with E-state index in [1.165, 1.54) is 0 Å². The van der Waals surface area contributed by atoms with Gasteiger partial charge < -0.3 is 5.73 Å². The molecule has 3 N–H and O–H groups in total. The van der Waals surface area contributed by atoms with E-state index < -0.39 is 11.1 Å². The van der Waals surface area contributed by atoms with Crippen molar-refractivity contribution in [1.82, 2.24) is 4.98 Å². The van der Waals surface area contributed by atoms with Gasteiger partial charge in [0.25, 0.3) is 0 Å². The number of benzene rings is 1. The van der Waals surface area contributed by atoms with Crippen LogP contribution in [0.2, 0.25) is 0 Å². The van der Waals surface area contributed by atoms with Crippen LogP contribution in [0.15, 0.2) is 41.4 Å². The van der Waals surface area contributed by atoms with Crippen molar-refractivity contribution in [3.63, 3.8) is 0 Å². The van der Waals surface area contributed by atoms with Crippen molar-refractivity contribution in [2.75, 3.05) is 0 Å². The largest absolute Gasteiger partial charge is 0.374 e. The zero-order chi connectivity index (χ0) is 11.5. The molecule has 5 nitrogen and oxygen atoms in total. The van der Waals surface area contributed by atoms with Crippen LogP contribution in [0, 0.1) is 0 Å². The average molecular weight is 235 g/mol. The zero-order valence-corrected chi connectivity index (χ0v) is 9.02.